The van der Waals surface area contributed by atoms with Gasteiger partial charge >= 0.3 is 12.0 Å². The summed E-state index contributed by atoms with van der Waals surface area (Å²) in [5.74, 6) is -0.962. The molecule has 2 amide bonds. The summed E-state index contributed by atoms with van der Waals surface area (Å²) in [6, 6.07) is -0.488. The highest BCUT2D eigenvalue weighted by Gasteiger charge is 2.06. The van der Waals surface area contributed by atoms with E-state index in [0.717, 1.165) is 0 Å². The van der Waals surface area contributed by atoms with Crippen LogP contribution in [0.2, 0.25) is 0 Å². The van der Waals surface area contributed by atoms with E-state index >= 15 is 0 Å². The molecule has 7 nitrogen and oxygen atoms in total. The van der Waals surface area contributed by atoms with Crippen molar-refractivity contribution in [1.82, 2.24) is 10.3 Å². The standard InChI is InChI=1S/C8H11N3O4S/c1-15-6-4-10-8(16-6)11-7(14)9-3-2-5(12)13/h4H,2-3H2,1H3,(H,12,13)(H2,9,10,11,14). The second-order valence-electron chi connectivity index (χ2n) is 2.71. The number of hydrogen-bond donors (Lipinski definition) is 3. The fourth-order valence-corrected chi connectivity index (χ4v) is 1.46. The lowest BCUT2D eigenvalue weighted by atomic mass is 10.4. The highest BCUT2D eigenvalue weighted by molar-refractivity contribution is 7.17. The molecule has 1 aromatic rings. The maximum absolute atomic E-state index is 11.2. The number of thiazole rings is 1. The fourth-order valence-electron chi connectivity index (χ4n) is 0.836. The lowest BCUT2D eigenvalue weighted by Gasteiger charge is -2.02. The Labute approximate surface area is 95.4 Å². The predicted molar refractivity (Wildman–Crippen MR) is 57.9 cm³/mol. The van der Waals surface area contributed by atoms with Crippen LogP contribution in [0.5, 0.6) is 5.06 Å². The van der Waals surface area contributed by atoms with Crippen LogP contribution in [0.3, 0.4) is 0 Å². The van der Waals surface area contributed by atoms with Crippen molar-refractivity contribution in [3.63, 3.8) is 0 Å². The summed E-state index contributed by atoms with van der Waals surface area (Å²) < 4.78 is 4.90. The van der Waals surface area contributed by atoms with E-state index in [1.54, 1.807) is 0 Å². The largest absolute Gasteiger partial charge is 0.486 e. The number of aliphatic carboxylic acids is 1. The van der Waals surface area contributed by atoms with E-state index < -0.39 is 12.0 Å². The Morgan fingerprint density at radius 3 is 2.94 bits per heavy atom. The van der Waals surface area contributed by atoms with Gasteiger partial charge in [0.2, 0.25) is 0 Å². The normalized spacial score (nSPS) is 9.56. The highest BCUT2D eigenvalue weighted by atomic mass is 32.1. The number of anilines is 1. The van der Waals surface area contributed by atoms with Gasteiger partial charge in [0.1, 0.15) is 0 Å². The zero-order valence-corrected chi connectivity index (χ0v) is 9.34. The molecule has 0 saturated carbocycles. The lowest BCUT2D eigenvalue weighted by molar-refractivity contribution is -0.136. The number of nitrogens with one attached hydrogen (secondary N) is 2. The molecule has 16 heavy (non-hydrogen) atoms. The van der Waals surface area contributed by atoms with Gasteiger partial charge in [0.15, 0.2) is 10.2 Å². The van der Waals surface area contributed by atoms with Gasteiger partial charge in [-0.2, -0.15) is 0 Å². The first-order valence-corrected chi connectivity index (χ1v) is 5.20. The van der Waals surface area contributed by atoms with Crippen LogP contribution in [-0.2, 0) is 4.79 Å². The third kappa shape index (κ3) is 4.13. The summed E-state index contributed by atoms with van der Waals surface area (Å²) in [7, 11) is 1.50. The van der Waals surface area contributed by atoms with E-state index in [1.807, 2.05) is 0 Å². The van der Waals surface area contributed by atoms with Crippen molar-refractivity contribution in [3.8, 4) is 5.06 Å². The topological polar surface area (TPSA) is 101 Å². The zero-order chi connectivity index (χ0) is 12.0. The van der Waals surface area contributed by atoms with E-state index in [0.29, 0.717) is 10.2 Å². The molecule has 0 saturated heterocycles. The second-order valence-corrected chi connectivity index (χ2v) is 3.71. The second kappa shape index (κ2) is 5.91. The minimum atomic E-state index is -0.962. The molecule has 0 radical (unpaired) electrons. The summed E-state index contributed by atoms with van der Waals surface area (Å²) in [6.45, 7) is 0.0731. The molecule has 0 bridgehead atoms. The highest BCUT2D eigenvalue weighted by Crippen LogP contribution is 2.24. The van der Waals surface area contributed by atoms with Crippen molar-refractivity contribution in [2.45, 2.75) is 6.42 Å². The molecule has 0 spiro atoms. The number of carbonyl (C=O) groups is 2. The van der Waals surface area contributed by atoms with Crippen LogP contribution in [0.15, 0.2) is 6.20 Å². The number of carbonyl (C=O) groups excluding carboxylic acids is 1. The average molecular weight is 245 g/mol. The first-order chi connectivity index (χ1) is 7.61. The predicted octanol–water partition coefficient (Wildman–Crippen LogP) is 0.748. The van der Waals surface area contributed by atoms with Gasteiger partial charge in [0.25, 0.3) is 0 Å². The lowest BCUT2D eigenvalue weighted by Crippen LogP contribution is -2.30. The van der Waals surface area contributed by atoms with E-state index in [9.17, 15) is 9.59 Å². The molecule has 0 aliphatic carbocycles. The van der Waals surface area contributed by atoms with Crippen LogP contribution in [0.1, 0.15) is 6.42 Å². The van der Waals surface area contributed by atoms with Gasteiger partial charge in [-0.25, -0.2) is 9.78 Å². The number of aromatic nitrogens is 1. The van der Waals surface area contributed by atoms with Crippen molar-refractivity contribution in [1.29, 1.82) is 0 Å². The number of carboxylic acid groups (broad SMARTS) is 1. The van der Waals surface area contributed by atoms with Crippen molar-refractivity contribution in [2.75, 3.05) is 19.0 Å². The Hall–Kier alpha value is -1.83. The monoisotopic (exact) mass is 245 g/mol. The molecule has 0 aromatic carbocycles. The Morgan fingerprint density at radius 2 is 2.38 bits per heavy atom. The minimum absolute atomic E-state index is 0.0731. The van der Waals surface area contributed by atoms with Gasteiger partial charge in [-0.05, 0) is 0 Å². The van der Waals surface area contributed by atoms with Crippen molar-refractivity contribution < 1.29 is 19.4 Å². The molecule has 1 rings (SSSR count). The molecule has 3 N–H and O–H groups in total. The van der Waals surface area contributed by atoms with E-state index in [-0.39, 0.29) is 13.0 Å². The van der Waals surface area contributed by atoms with Crippen LogP contribution < -0.4 is 15.4 Å². The van der Waals surface area contributed by atoms with Crippen molar-refractivity contribution >= 4 is 28.5 Å². The number of ether oxygens (including phenoxy) is 1. The average Bonchev–Trinajstić information content (AvgIpc) is 2.65. The summed E-state index contributed by atoms with van der Waals surface area (Å²) in [5, 5.41) is 14.2. The molecule has 8 heteroatoms. The molecular formula is C8H11N3O4S. The Balaban J connectivity index is 2.31. The maximum atomic E-state index is 11.2. The van der Waals surface area contributed by atoms with Crippen LogP contribution in [0.25, 0.3) is 0 Å². The van der Waals surface area contributed by atoms with Crippen LogP contribution in [-0.4, -0.2) is 35.7 Å². The van der Waals surface area contributed by atoms with Gasteiger partial charge in [-0.3, -0.25) is 10.1 Å². The summed E-state index contributed by atoms with van der Waals surface area (Å²) >= 11 is 1.18. The van der Waals surface area contributed by atoms with Gasteiger partial charge in [0, 0.05) is 6.54 Å². The molecule has 1 aromatic heterocycles. The van der Waals surface area contributed by atoms with Gasteiger partial charge in [-0.1, -0.05) is 11.3 Å². The van der Waals surface area contributed by atoms with Crippen LogP contribution in [0.4, 0.5) is 9.93 Å². The summed E-state index contributed by atoms with van der Waals surface area (Å²) in [4.78, 5) is 25.3. The number of urea groups is 1. The maximum Gasteiger partial charge on any atom is 0.321 e. The number of amides is 2. The quantitative estimate of drug-likeness (QED) is 0.710. The molecular weight excluding hydrogens is 234 g/mol. The van der Waals surface area contributed by atoms with Gasteiger partial charge in [-0.15, -0.1) is 0 Å². The van der Waals surface area contributed by atoms with E-state index in [2.05, 4.69) is 15.6 Å². The Kier molecular flexibility index (Phi) is 4.52. The van der Waals surface area contributed by atoms with Crippen molar-refractivity contribution in [3.05, 3.63) is 6.20 Å². The van der Waals surface area contributed by atoms with Crippen LogP contribution in [0, 0.1) is 0 Å². The number of nitrogens with zero attached hydrogens (tertiary/aromatic N) is 1. The van der Waals surface area contributed by atoms with Gasteiger partial charge < -0.3 is 15.2 Å². The van der Waals surface area contributed by atoms with Crippen LogP contribution >= 0.6 is 11.3 Å². The summed E-state index contributed by atoms with van der Waals surface area (Å²) in [5.41, 5.74) is 0. The minimum Gasteiger partial charge on any atom is -0.486 e. The number of carboxylic acids is 1. The van der Waals surface area contributed by atoms with E-state index in [4.69, 9.17) is 9.84 Å². The van der Waals surface area contributed by atoms with E-state index in [1.165, 1.54) is 24.6 Å². The molecule has 0 atom stereocenters. The number of hydrogen-bond acceptors (Lipinski definition) is 5. The Bertz CT molecular complexity index is 379. The third-order valence-electron chi connectivity index (χ3n) is 1.53. The molecule has 0 aliphatic rings. The molecule has 1 heterocycles. The zero-order valence-electron chi connectivity index (χ0n) is 8.52. The smallest absolute Gasteiger partial charge is 0.321 e. The first kappa shape index (κ1) is 12.2. The van der Waals surface area contributed by atoms with Crippen molar-refractivity contribution in [2.24, 2.45) is 0 Å². The molecule has 0 fully saturated rings. The molecule has 88 valence electrons. The SMILES string of the molecule is COc1cnc(NC(=O)NCCC(=O)O)s1. The molecule has 0 unspecified atom stereocenters. The third-order valence-corrected chi connectivity index (χ3v) is 2.40. The number of rotatable bonds is 5. The molecule has 0 aliphatic heterocycles. The first-order valence-electron chi connectivity index (χ1n) is 4.38. The fraction of sp³-hybridized carbons (Fsp3) is 0.375. The summed E-state index contributed by atoms with van der Waals surface area (Å²) in [6.07, 6.45) is 1.37. The van der Waals surface area contributed by atoms with Gasteiger partial charge in [0.05, 0.1) is 19.7 Å². The Morgan fingerprint density at radius 1 is 1.62 bits per heavy atom. The number of methoxy groups -OCH3 is 1.